The lowest BCUT2D eigenvalue weighted by Crippen LogP contribution is -2.39. The van der Waals surface area contributed by atoms with E-state index in [-0.39, 0.29) is 11.1 Å². The zero-order valence-corrected chi connectivity index (χ0v) is 12.7. The molecule has 0 aliphatic carbocycles. The van der Waals surface area contributed by atoms with E-state index in [4.69, 9.17) is 11.6 Å². The third-order valence-corrected chi connectivity index (χ3v) is 5.66. The van der Waals surface area contributed by atoms with Gasteiger partial charge in [-0.25, -0.2) is 8.42 Å². The summed E-state index contributed by atoms with van der Waals surface area (Å²) in [5, 5.41) is 2.82. The minimum absolute atomic E-state index is 0.161. The summed E-state index contributed by atoms with van der Waals surface area (Å²) in [5.41, 5.74) is -1.24. The highest BCUT2D eigenvalue weighted by Crippen LogP contribution is 2.37. The Bertz CT molecular complexity index is 628. The van der Waals surface area contributed by atoms with Gasteiger partial charge in [0.05, 0.1) is 10.5 Å². The van der Waals surface area contributed by atoms with Crippen LogP contribution in [0.2, 0.25) is 5.02 Å². The number of sulfonamides is 1. The summed E-state index contributed by atoms with van der Waals surface area (Å²) in [7, 11) is -2.94. The molecule has 118 valence electrons. The number of halogens is 4. The zero-order chi connectivity index (χ0) is 15.8. The monoisotopic (exact) mass is 342 g/mol. The molecule has 1 saturated heterocycles. The van der Waals surface area contributed by atoms with E-state index in [2.05, 4.69) is 5.32 Å². The van der Waals surface area contributed by atoms with E-state index >= 15 is 0 Å². The van der Waals surface area contributed by atoms with Crippen LogP contribution >= 0.6 is 11.6 Å². The Balaban J connectivity index is 2.49. The van der Waals surface area contributed by atoms with Crippen LogP contribution in [0.3, 0.4) is 0 Å². The highest BCUT2D eigenvalue weighted by Gasteiger charge is 2.40. The minimum Gasteiger partial charge on any atom is -0.315 e. The van der Waals surface area contributed by atoms with Gasteiger partial charge in [0.15, 0.2) is 0 Å². The third-order valence-electron chi connectivity index (χ3n) is 3.45. The Labute approximate surface area is 125 Å². The van der Waals surface area contributed by atoms with Gasteiger partial charge in [0, 0.05) is 24.7 Å². The second kappa shape index (κ2) is 5.75. The quantitative estimate of drug-likeness (QED) is 0.917. The van der Waals surface area contributed by atoms with Crippen molar-refractivity contribution in [1.29, 1.82) is 0 Å². The molecule has 0 saturated carbocycles. The van der Waals surface area contributed by atoms with Crippen molar-refractivity contribution in [2.75, 3.05) is 20.1 Å². The van der Waals surface area contributed by atoms with E-state index in [9.17, 15) is 21.6 Å². The van der Waals surface area contributed by atoms with E-state index in [0.29, 0.717) is 25.6 Å². The second-order valence-corrected chi connectivity index (χ2v) is 7.21. The Morgan fingerprint density at radius 2 is 2.05 bits per heavy atom. The number of hydrogen-bond acceptors (Lipinski definition) is 3. The van der Waals surface area contributed by atoms with Crippen LogP contribution in [0.4, 0.5) is 13.2 Å². The standard InChI is InChI=1S/C12H14ClF3N2O2S/c1-18(9-4-5-17-7-9)21(19,20)11-3-2-8(13)6-10(11)12(14,15)16/h2-3,6,9,17H,4-5,7H2,1H3/t9-/m1/s1. The molecule has 1 aromatic rings. The topological polar surface area (TPSA) is 49.4 Å². The van der Waals surface area contributed by atoms with Gasteiger partial charge in [-0.2, -0.15) is 17.5 Å². The number of benzene rings is 1. The molecule has 0 unspecified atom stereocenters. The lowest BCUT2D eigenvalue weighted by Gasteiger charge is -2.25. The van der Waals surface area contributed by atoms with Crippen LogP contribution in [0.5, 0.6) is 0 Å². The van der Waals surface area contributed by atoms with E-state index in [1.54, 1.807) is 0 Å². The van der Waals surface area contributed by atoms with Gasteiger partial charge in [0.1, 0.15) is 0 Å². The maximum atomic E-state index is 13.0. The predicted molar refractivity (Wildman–Crippen MR) is 72.7 cm³/mol. The van der Waals surface area contributed by atoms with Gasteiger partial charge >= 0.3 is 6.18 Å². The molecular formula is C12H14ClF3N2O2S. The smallest absolute Gasteiger partial charge is 0.315 e. The number of likely N-dealkylation sites (N-methyl/N-ethyl adjacent to an activating group) is 1. The van der Waals surface area contributed by atoms with Gasteiger partial charge in [-0.1, -0.05) is 11.6 Å². The average Bonchev–Trinajstić information content (AvgIpc) is 2.90. The van der Waals surface area contributed by atoms with Crippen molar-refractivity contribution in [2.45, 2.75) is 23.5 Å². The largest absolute Gasteiger partial charge is 0.417 e. The van der Waals surface area contributed by atoms with Crippen molar-refractivity contribution in [3.05, 3.63) is 28.8 Å². The SMILES string of the molecule is CN([C@@H]1CCNC1)S(=O)(=O)c1ccc(Cl)cc1C(F)(F)F. The summed E-state index contributed by atoms with van der Waals surface area (Å²) in [5.74, 6) is 0. The van der Waals surface area contributed by atoms with Crippen molar-refractivity contribution in [3.8, 4) is 0 Å². The van der Waals surface area contributed by atoms with Gasteiger partial charge in [-0.05, 0) is 31.2 Å². The third kappa shape index (κ3) is 3.33. The average molecular weight is 343 g/mol. The minimum atomic E-state index is -4.79. The first-order chi connectivity index (χ1) is 9.64. The van der Waals surface area contributed by atoms with Crippen LogP contribution in [-0.4, -0.2) is 38.9 Å². The molecule has 1 atom stereocenters. The van der Waals surface area contributed by atoms with E-state index in [0.717, 1.165) is 16.4 Å². The van der Waals surface area contributed by atoms with Crippen molar-refractivity contribution >= 4 is 21.6 Å². The number of nitrogens with zero attached hydrogens (tertiary/aromatic N) is 1. The van der Waals surface area contributed by atoms with Gasteiger partial charge in [-0.15, -0.1) is 0 Å². The summed E-state index contributed by atoms with van der Waals surface area (Å²) in [4.78, 5) is -0.770. The summed E-state index contributed by atoms with van der Waals surface area (Å²) in [6.07, 6.45) is -4.23. The first-order valence-corrected chi connectivity index (χ1v) is 8.01. The molecule has 0 amide bonds. The van der Waals surface area contributed by atoms with E-state index in [1.165, 1.54) is 7.05 Å². The van der Waals surface area contributed by atoms with Gasteiger partial charge in [0.25, 0.3) is 0 Å². The number of hydrogen-bond donors (Lipinski definition) is 1. The Kier molecular flexibility index (Phi) is 4.53. The molecule has 0 aromatic heterocycles. The highest BCUT2D eigenvalue weighted by molar-refractivity contribution is 7.89. The van der Waals surface area contributed by atoms with Crippen LogP contribution in [0.25, 0.3) is 0 Å². The number of rotatable bonds is 3. The van der Waals surface area contributed by atoms with Crippen LogP contribution in [0.1, 0.15) is 12.0 Å². The number of alkyl halides is 3. The van der Waals surface area contributed by atoms with Gasteiger partial charge in [0.2, 0.25) is 10.0 Å². The van der Waals surface area contributed by atoms with Crippen molar-refractivity contribution in [2.24, 2.45) is 0 Å². The first kappa shape index (κ1) is 16.5. The molecule has 4 nitrogen and oxygen atoms in total. The molecule has 0 bridgehead atoms. The van der Waals surface area contributed by atoms with Crippen molar-refractivity contribution in [1.82, 2.24) is 9.62 Å². The molecule has 1 fully saturated rings. The molecule has 9 heteroatoms. The predicted octanol–water partition coefficient (Wildman–Crippen LogP) is 2.34. The zero-order valence-electron chi connectivity index (χ0n) is 11.1. The Hall–Kier alpha value is -0.830. The highest BCUT2D eigenvalue weighted by atomic mass is 35.5. The van der Waals surface area contributed by atoms with Crippen LogP contribution in [-0.2, 0) is 16.2 Å². The maximum Gasteiger partial charge on any atom is 0.417 e. The fourth-order valence-corrected chi connectivity index (χ4v) is 4.00. The fraction of sp³-hybridized carbons (Fsp3) is 0.500. The maximum absolute atomic E-state index is 13.0. The molecule has 2 rings (SSSR count). The van der Waals surface area contributed by atoms with Crippen LogP contribution in [0.15, 0.2) is 23.1 Å². The van der Waals surface area contributed by atoms with Crippen LogP contribution in [0, 0.1) is 0 Å². The summed E-state index contributed by atoms with van der Waals surface area (Å²) in [6.45, 7) is 1.06. The molecule has 0 radical (unpaired) electrons. The lowest BCUT2D eigenvalue weighted by molar-refractivity contribution is -0.139. The molecule has 0 spiro atoms. The summed E-state index contributed by atoms with van der Waals surface area (Å²) < 4.78 is 65.0. The molecule has 1 heterocycles. The molecule has 1 aliphatic rings. The second-order valence-electron chi connectivity index (χ2n) is 4.81. The molecule has 1 N–H and O–H groups in total. The molecular weight excluding hydrogens is 329 g/mol. The van der Waals surface area contributed by atoms with E-state index in [1.807, 2.05) is 0 Å². The molecule has 21 heavy (non-hydrogen) atoms. The van der Waals surface area contributed by atoms with Gasteiger partial charge < -0.3 is 5.32 Å². The molecule has 1 aromatic carbocycles. The van der Waals surface area contributed by atoms with Gasteiger partial charge in [-0.3, -0.25) is 0 Å². The van der Waals surface area contributed by atoms with E-state index < -0.39 is 26.7 Å². The first-order valence-electron chi connectivity index (χ1n) is 6.19. The van der Waals surface area contributed by atoms with Crippen molar-refractivity contribution < 1.29 is 21.6 Å². The Morgan fingerprint density at radius 3 is 2.57 bits per heavy atom. The lowest BCUT2D eigenvalue weighted by atomic mass is 10.2. The molecule has 1 aliphatic heterocycles. The van der Waals surface area contributed by atoms with Crippen molar-refractivity contribution in [3.63, 3.8) is 0 Å². The van der Waals surface area contributed by atoms with Crippen LogP contribution < -0.4 is 5.32 Å². The number of nitrogens with one attached hydrogen (secondary N) is 1. The Morgan fingerprint density at radius 1 is 1.38 bits per heavy atom. The summed E-state index contributed by atoms with van der Waals surface area (Å²) >= 11 is 5.56. The fourth-order valence-electron chi connectivity index (χ4n) is 2.25. The summed E-state index contributed by atoms with van der Waals surface area (Å²) in [6, 6.07) is 2.32. The normalized spacial score (nSPS) is 20.2.